The highest BCUT2D eigenvalue weighted by molar-refractivity contribution is 5.87. The van der Waals surface area contributed by atoms with Crippen molar-refractivity contribution >= 4 is 17.0 Å². The molecule has 41 heavy (non-hydrogen) atoms. The molecule has 0 amide bonds. The molecule has 2 heterocycles. The first kappa shape index (κ1) is 29.7. The van der Waals surface area contributed by atoms with E-state index < -0.39 is 46.8 Å². The van der Waals surface area contributed by atoms with E-state index in [2.05, 4.69) is 4.98 Å². The fourth-order valence-electron chi connectivity index (χ4n) is 5.01. The fourth-order valence-corrected chi connectivity index (χ4v) is 5.01. The molecule has 0 fully saturated rings. The molecule has 0 spiro atoms. The lowest BCUT2D eigenvalue weighted by Gasteiger charge is -2.39. The van der Waals surface area contributed by atoms with Gasteiger partial charge in [-0.15, -0.1) is 0 Å². The summed E-state index contributed by atoms with van der Waals surface area (Å²) in [6.07, 6.45) is -9.65. The minimum absolute atomic E-state index is 0.0384. The van der Waals surface area contributed by atoms with Crippen molar-refractivity contribution in [3.05, 3.63) is 87.0 Å². The summed E-state index contributed by atoms with van der Waals surface area (Å²) in [6.45, 7) is 4.08. The van der Waals surface area contributed by atoms with Crippen LogP contribution in [0.15, 0.2) is 53.3 Å². The first-order valence-electron chi connectivity index (χ1n) is 12.2. The highest BCUT2D eigenvalue weighted by atomic mass is 19.4. The van der Waals surface area contributed by atoms with E-state index in [1.807, 2.05) is 0 Å². The van der Waals surface area contributed by atoms with Crippen LogP contribution in [-0.2, 0) is 25.7 Å². The molecule has 2 unspecified atom stereocenters. The van der Waals surface area contributed by atoms with Crippen LogP contribution in [0.3, 0.4) is 0 Å². The molecule has 2 aromatic heterocycles. The zero-order valence-corrected chi connectivity index (χ0v) is 22.5. The monoisotopic (exact) mass is 581 g/mol. The lowest BCUT2D eigenvalue weighted by molar-refractivity contribution is -0.191. The molecule has 4 rings (SSSR count). The SMILES string of the molecule is Cc1cc(Oc2ccc(C(F)(F)F)c(C(=O)O)n2)ccc1C(C)C(C)(c1ccc2c(c1)n(C)c(=O)n2C)C(F)(F)F. The summed E-state index contributed by atoms with van der Waals surface area (Å²) >= 11 is 0. The van der Waals surface area contributed by atoms with Gasteiger partial charge in [-0.3, -0.25) is 9.13 Å². The molecule has 0 saturated carbocycles. The molecule has 0 aliphatic rings. The summed E-state index contributed by atoms with van der Waals surface area (Å²) in [5, 5.41) is 9.16. The molecular formula is C28H25F6N3O4. The van der Waals surface area contributed by atoms with Crippen molar-refractivity contribution in [2.24, 2.45) is 14.1 Å². The lowest BCUT2D eigenvalue weighted by Crippen LogP contribution is -2.44. The summed E-state index contributed by atoms with van der Waals surface area (Å²) in [6, 6.07) is 9.73. The number of carboxylic acid groups (broad SMARTS) is 1. The first-order valence-corrected chi connectivity index (χ1v) is 12.2. The quantitative estimate of drug-likeness (QED) is 0.256. The van der Waals surface area contributed by atoms with Crippen LogP contribution in [0.25, 0.3) is 11.0 Å². The van der Waals surface area contributed by atoms with Crippen molar-refractivity contribution in [3.8, 4) is 11.6 Å². The van der Waals surface area contributed by atoms with Gasteiger partial charge in [0.05, 0.1) is 22.0 Å². The number of alkyl halides is 6. The van der Waals surface area contributed by atoms with Crippen LogP contribution in [0, 0.1) is 6.92 Å². The molecule has 13 heteroatoms. The Bertz CT molecular complexity index is 1720. The molecule has 0 radical (unpaired) electrons. The number of hydrogen-bond acceptors (Lipinski definition) is 4. The maximum atomic E-state index is 14.8. The number of aromatic nitrogens is 3. The maximum absolute atomic E-state index is 14.8. The first-order chi connectivity index (χ1) is 18.9. The Morgan fingerprint density at radius 2 is 1.59 bits per heavy atom. The Morgan fingerprint density at radius 1 is 0.951 bits per heavy atom. The number of aromatic carboxylic acids is 1. The number of pyridine rings is 1. The predicted molar refractivity (Wildman–Crippen MR) is 137 cm³/mol. The molecule has 0 saturated heterocycles. The number of aryl methyl sites for hydroxylation is 3. The number of fused-ring (bicyclic) bond motifs is 1. The second-order valence-corrected chi connectivity index (χ2v) is 9.99. The Labute approximate surface area is 229 Å². The van der Waals surface area contributed by atoms with E-state index in [1.165, 1.54) is 66.6 Å². The molecule has 0 aliphatic heterocycles. The third-order valence-electron chi connectivity index (χ3n) is 7.63. The van der Waals surface area contributed by atoms with Crippen molar-refractivity contribution in [1.82, 2.24) is 14.1 Å². The molecule has 1 N–H and O–H groups in total. The van der Waals surface area contributed by atoms with Crippen LogP contribution in [0.1, 0.15) is 52.5 Å². The Morgan fingerprint density at radius 3 is 2.15 bits per heavy atom. The van der Waals surface area contributed by atoms with Crippen LogP contribution < -0.4 is 10.4 Å². The van der Waals surface area contributed by atoms with Gasteiger partial charge >= 0.3 is 24.0 Å². The Balaban J connectivity index is 1.72. The second kappa shape index (κ2) is 9.96. The van der Waals surface area contributed by atoms with E-state index in [9.17, 15) is 35.9 Å². The van der Waals surface area contributed by atoms with Crippen molar-refractivity contribution in [2.75, 3.05) is 0 Å². The summed E-state index contributed by atoms with van der Waals surface area (Å²) in [7, 11) is 3.02. The van der Waals surface area contributed by atoms with Gasteiger partial charge in [0.25, 0.3) is 0 Å². The zero-order chi connectivity index (χ0) is 30.7. The number of nitrogens with zero attached hydrogens (tertiary/aromatic N) is 3. The van der Waals surface area contributed by atoms with Crippen LogP contribution >= 0.6 is 0 Å². The van der Waals surface area contributed by atoms with E-state index in [-0.39, 0.29) is 17.0 Å². The number of rotatable bonds is 6. The third kappa shape index (κ3) is 5.04. The fraction of sp³-hybridized carbons (Fsp3) is 0.321. The second-order valence-electron chi connectivity index (χ2n) is 9.99. The van der Waals surface area contributed by atoms with E-state index >= 15 is 0 Å². The Kier molecular flexibility index (Phi) is 7.21. The van der Waals surface area contributed by atoms with Crippen molar-refractivity contribution in [1.29, 1.82) is 0 Å². The van der Waals surface area contributed by atoms with Gasteiger partial charge in [-0.25, -0.2) is 14.6 Å². The number of hydrogen-bond donors (Lipinski definition) is 1. The minimum Gasteiger partial charge on any atom is -0.476 e. The van der Waals surface area contributed by atoms with E-state index in [0.29, 0.717) is 28.2 Å². The standard InChI is InChI=1S/C28H25F6N3O4/c1-14-12-17(41-22-11-9-19(27(29,30)31)23(35-22)24(38)39)7-8-18(14)15(2)26(3,28(32,33)34)16-6-10-20-21(13-16)37(5)25(40)36(20)4/h6-13,15H,1-5H3,(H,38,39). The van der Waals surface area contributed by atoms with Crippen LogP contribution in [0.2, 0.25) is 0 Å². The number of carboxylic acids is 1. The van der Waals surface area contributed by atoms with E-state index in [0.717, 1.165) is 13.0 Å². The van der Waals surface area contributed by atoms with Crippen LogP contribution in [0.5, 0.6) is 11.6 Å². The molecule has 4 aromatic rings. The van der Waals surface area contributed by atoms with Crippen molar-refractivity contribution < 1.29 is 41.0 Å². The molecule has 0 bridgehead atoms. The highest BCUT2D eigenvalue weighted by Gasteiger charge is 2.56. The summed E-state index contributed by atoms with van der Waals surface area (Å²) in [4.78, 5) is 27.1. The molecule has 2 atom stereocenters. The average molecular weight is 582 g/mol. The third-order valence-corrected chi connectivity index (χ3v) is 7.63. The zero-order valence-electron chi connectivity index (χ0n) is 22.5. The lowest BCUT2D eigenvalue weighted by atomic mass is 9.68. The number of benzene rings is 2. The smallest absolute Gasteiger partial charge is 0.418 e. The molecular weight excluding hydrogens is 556 g/mol. The largest absolute Gasteiger partial charge is 0.476 e. The van der Waals surface area contributed by atoms with Gasteiger partial charge in [-0.1, -0.05) is 19.1 Å². The predicted octanol–water partition coefficient (Wildman–Crippen LogP) is 6.71. The van der Waals surface area contributed by atoms with Crippen molar-refractivity contribution in [2.45, 2.75) is 44.5 Å². The summed E-state index contributed by atoms with van der Waals surface area (Å²) in [5.41, 5.74) is -3.93. The molecule has 2 aromatic carbocycles. The number of ether oxygens (including phenoxy) is 1. The average Bonchev–Trinajstić information content (AvgIpc) is 3.10. The van der Waals surface area contributed by atoms with Gasteiger partial charge in [0.2, 0.25) is 5.88 Å². The molecule has 218 valence electrons. The van der Waals surface area contributed by atoms with Gasteiger partial charge in [0.15, 0.2) is 5.69 Å². The minimum atomic E-state index is -4.95. The highest BCUT2D eigenvalue weighted by Crippen LogP contribution is 2.51. The number of halogens is 6. The normalized spacial score (nSPS) is 14.6. The number of carbonyl (C=O) groups is 1. The van der Waals surface area contributed by atoms with Gasteiger partial charge in [-0.2, -0.15) is 26.3 Å². The van der Waals surface area contributed by atoms with E-state index in [4.69, 9.17) is 9.84 Å². The summed E-state index contributed by atoms with van der Waals surface area (Å²) in [5.74, 6) is -3.42. The molecule has 0 aliphatic carbocycles. The Hall–Kier alpha value is -4.29. The van der Waals surface area contributed by atoms with Crippen molar-refractivity contribution in [3.63, 3.8) is 0 Å². The van der Waals surface area contributed by atoms with Gasteiger partial charge in [-0.05, 0) is 66.8 Å². The van der Waals surface area contributed by atoms with Crippen LogP contribution in [-0.4, -0.2) is 31.4 Å². The maximum Gasteiger partial charge on any atom is 0.418 e. The number of imidazole rings is 1. The summed E-state index contributed by atoms with van der Waals surface area (Å²) < 4.78 is 91.8. The van der Waals surface area contributed by atoms with Gasteiger partial charge in [0.1, 0.15) is 5.75 Å². The molecule has 7 nitrogen and oxygen atoms in total. The van der Waals surface area contributed by atoms with E-state index in [1.54, 1.807) is 6.92 Å². The topological polar surface area (TPSA) is 86.3 Å². The van der Waals surface area contributed by atoms with Gasteiger partial charge in [0, 0.05) is 20.2 Å². The van der Waals surface area contributed by atoms with Crippen LogP contribution in [0.4, 0.5) is 26.3 Å². The van der Waals surface area contributed by atoms with Gasteiger partial charge < -0.3 is 9.84 Å².